The van der Waals surface area contributed by atoms with Crippen molar-refractivity contribution in [2.75, 3.05) is 26.0 Å². The molecular formula is C14H21N3O4S. The molecule has 0 aromatic heterocycles. The topological polar surface area (TPSA) is 96.5 Å². The number of para-hydroxylation sites is 1. The largest absolute Gasteiger partial charge is 0.493 e. The maximum atomic E-state index is 11.9. The van der Waals surface area contributed by atoms with Crippen LogP contribution in [0.5, 0.6) is 5.75 Å². The van der Waals surface area contributed by atoms with Gasteiger partial charge in [0.15, 0.2) is 0 Å². The highest BCUT2D eigenvalue weighted by Gasteiger charge is 2.22. The number of amides is 2. The molecule has 122 valence electrons. The van der Waals surface area contributed by atoms with Crippen LogP contribution in [0.4, 0.5) is 4.79 Å². The minimum absolute atomic E-state index is 0.0703. The lowest BCUT2D eigenvalue weighted by atomic mass is 10.0. The average Bonchev–Trinajstić information content (AvgIpc) is 2.46. The highest BCUT2D eigenvalue weighted by Crippen LogP contribution is 2.31. The summed E-state index contributed by atoms with van der Waals surface area (Å²) in [4.78, 5) is 11.9. The van der Waals surface area contributed by atoms with E-state index in [1.807, 2.05) is 24.3 Å². The van der Waals surface area contributed by atoms with Crippen LogP contribution in [0, 0.1) is 0 Å². The molecule has 7 nitrogen and oxygen atoms in total. The zero-order valence-corrected chi connectivity index (χ0v) is 13.3. The molecule has 0 spiro atoms. The smallest absolute Gasteiger partial charge is 0.315 e. The predicted octanol–water partition coefficient (Wildman–Crippen LogP) is 0.749. The molecule has 3 N–H and O–H groups in total. The molecule has 1 aromatic rings. The van der Waals surface area contributed by atoms with E-state index in [0.717, 1.165) is 24.0 Å². The fraction of sp³-hybridized carbons (Fsp3) is 0.500. The third-order valence-electron chi connectivity index (χ3n) is 3.27. The molecule has 0 fully saturated rings. The van der Waals surface area contributed by atoms with Crippen molar-refractivity contribution in [2.45, 2.75) is 18.9 Å². The summed E-state index contributed by atoms with van der Waals surface area (Å²) in [7, 11) is -3.17. The number of fused-ring (bicyclic) bond motifs is 1. The molecule has 0 bridgehead atoms. The third kappa shape index (κ3) is 5.19. The van der Waals surface area contributed by atoms with E-state index in [-0.39, 0.29) is 12.1 Å². The number of benzene rings is 1. The fourth-order valence-corrected chi connectivity index (χ4v) is 2.76. The van der Waals surface area contributed by atoms with Crippen LogP contribution in [0.2, 0.25) is 0 Å². The number of hydrogen-bond acceptors (Lipinski definition) is 4. The lowest BCUT2D eigenvalue weighted by molar-refractivity contribution is 0.223. The maximum Gasteiger partial charge on any atom is 0.315 e. The Hall–Kier alpha value is -1.80. The predicted molar refractivity (Wildman–Crippen MR) is 83.3 cm³/mol. The summed E-state index contributed by atoms with van der Waals surface area (Å²) in [6.45, 7) is 1.28. The van der Waals surface area contributed by atoms with E-state index >= 15 is 0 Å². The monoisotopic (exact) mass is 327 g/mol. The van der Waals surface area contributed by atoms with Gasteiger partial charge < -0.3 is 15.4 Å². The Morgan fingerprint density at radius 2 is 2.09 bits per heavy atom. The number of nitrogens with one attached hydrogen (secondary N) is 3. The lowest BCUT2D eigenvalue weighted by Crippen LogP contribution is -2.40. The highest BCUT2D eigenvalue weighted by molar-refractivity contribution is 7.88. The van der Waals surface area contributed by atoms with Crippen molar-refractivity contribution in [3.63, 3.8) is 0 Å². The van der Waals surface area contributed by atoms with E-state index in [1.54, 1.807) is 0 Å². The second-order valence-corrected chi connectivity index (χ2v) is 6.98. The lowest BCUT2D eigenvalue weighted by Gasteiger charge is -2.26. The second kappa shape index (κ2) is 7.46. The SMILES string of the molecule is CS(=O)(=O)NCCCNC(=O)N[C@H]1CCOc2ccccc21. The Bertz CT molecular complexity index is 618. The van der Waals surface area contributed by atoms with Crippen LogP contribution in [0.3, 0.4) is 0 Å². The van der Waals surface area contributed by atoms with E-state index in [1.165, 1.54) is 0 Å². The normalized spacial score (nSPS) is 17.2. The summed E-state index contributed by atoms with van der Waals surface area (Å²) >= 11 is 0. The molecule has 0 saturated carbocycles. The number of carbonyl (C=O) groups excluding carboxylic acids is 1. The van der Waals surface area contributed by atoms with E-state index < -0.39 is 10.0 Å². The molecular weight excluding hydrogens is 306 g/mol. The van der Waals surface area contributed by atoms with Crippen molar-refractivity contribution in [1.82, 2.24) is 15.4 Å². The van der Waals surface area contributed by atoms with Gasteiger partial charge in [-0.2, -0.15) is 0 Å². The molecule has 22 heavy (non-hydrogen) atoms. The second-order valence-electron chi connectivity index (χ2n) is 5.15. The first-order valence-corrected chi connectivity index (χ1v) is 9.05. The first-order valence-electron chi connectivity index (χ1n) is 7.16. The van der Waals surface area contributed by atoms with Crippen LogP contribution in [0.25, 0.3) is 0 Å². The summed E-state index contributed by atoms with van der Waals surface area (Å²) < 4.78 is 29.7. The van der Waals surface area contributed by atoms with Crippen molar-refractivity contribution in [1.29, 1.82) is 0 Å². The molecule has 1 aromatic carbocycles. The first-order chi connectivity index (χ1) is 10.5. The van der Waals surface area contributed by atoms with Gasteiger partial charge in [0.25, 0.3) is 0 Å². The van der Waals surface area contributed by atoms with Crippen LogP contribution in [0.1, 0.15) is 24.4 Å². The van der Waals surface area contributed by atoms with Gasteiger partial charge in [-0.05, 0) is 12.5 Å². The van der Waals surface area contributed by atoms with Gasteiger partial charge >= 0.3 is 6.03 Å². The number of urea groups is 1. The standard InChI is InChI=1S/C14H21N3O4S/c1-22(19,20)16-9-4-8-15-14(18)17-12-7-10-21-13-6-3-2-5-11(12)13/h2-3,5-6,12,16H,4,7-10H2,1H3,(H2,15,17,18)/t12-/m0/s1. The zero-order valence-electron chi connectivity index (χ0n) is 12.5. The summed E-state index contributed by atoms with van der Waals surface area (Å²) in [5, 5.41) is 5.63. The van der Waals surface area contributed by atoms with Crippen molar-refractivity contribution in [2.24, 2.45) is 0 Å². The Kier molecular flexibility index (Phi) is 5.62. The van der Waals surface area contributed by atoms with Crippen LogP contribution in [-0.4, -0.2) is 40.4 Å². The molecule has 0 unspecified atom stereocenters. The zero-order chi connectivity index (χ0) is 16.0. The van der Waals surface area contributed by atoms with Crippen LogP contribution in [0.15, 0.2) is 24.3 Å². The molecule has 2 amide bonds. The molecule has 1 aliphatic heterocycles. The van der Waals surface area contributed by atoms with Crippen molar-refractivity contribution >= 4 is 16.1 Å². The molecule has 1 atom stereocenters. The number of rotatable bonds is 6. The molecule has 2 rings (SSSR count). The summed E-state index contributed by atoms with van der Waals surface area (Å²) in [6.07, 6.45) is 2.36. The first kappa shape index (κ1) is 16.6. The van der Waals surface area contributed by atoms with Crippen LogP contribution < -0.4 is 20.1 Å². The minimum Gasteiger partial charge on any atom is -0.493 e. The van der Waals surface area contributed by atoms with Gasteiger partial charge in [-0.15, -0.1) is 0 Å². The molecule has 0 radical (unpaired) electrons. The van der Waals surface area contributed by atoms with Gasteiger partial charge in [0.1, 0.15) is 5.75 Å². The molecule has 1 heterocycles. The quantitative estimate of drug-likeness (QED) is 0.672. The number of carbonyl (C=O) groups is 1. The van der Waals surface area contributed by atoms with Gasteiger partial charge in [0.05, 0.1) is 18.9 Å². The van der Waals surface area contributed by atoms with Crippen molar-refractivity contribution in [3.05, 3.63) is 29.8 Å². The van der Waals surface area contributed by atoms with Gasteiger partial charge in [-0.3, -0.25) is 0 Å². The minimum atomic E-state index is -3.17. The Morgan fingerprint density at radius 3 is 2.86 bits per heavy atom. The molecule has 8 heteroatoms. The Labute approximate surface area is 130 Å². The van der Waals surface area contributed by atoms with E-state index in [4.69, 9.17) is 4.74 Å². The summed E-state index contributed by atoms with van der Waals surface area (Å²) in [5.41, 5.74) is 0.975. The Morgan fingerprint density at radius 1 is 1.32 bits per heavy atom. The van der Waals surface area contributed by atoms with Gasteiger partial charge in [0, 0.05) is 25.1 Å². The van der Waals surface area contributed by atoms with Gasteiger partial charge in [-0.1, -0.05) is 18.2 Å². The van der Waals surface area contributed by atoms with Crippen molar-refractivity contribution < 1.29 is 17.9 Å². The maximum absolute atomic E-state index is 11.9. The number of hydrogen-bond donors (Lipinski definition) is 3. The molecule has 0 saturated heterocycles. The van der Waals surface area contributed by atoms with Crippen molar-refractivity contribution in [3.8, 4) is 5.75 Å². The summed E-state index contributed by atoms with van der Waals surface area (Å²) in [5.74, 6) is 0.802. The Balaban J connectivity index is 1.74. The number of ether oxygens (including phenoxy) is 1. The van der Waals surface area contributed by atoms with Gasteiger partial charge in [-0.25, -0.2) is 17.9 Å². The summed E-state index contributed by atoms with van der Waals surface area (Å²) in [6, 6.07) is 7.31. The highest BCUT2D eigenvalue weighted by atomic mass is 32.2. The average molecular weight is 327 g/mol. The third-order valence-corrected chi connectivity index (χ3v) is 4.00. The fourth-order valence-electron chi connectivity index (χ4n) is 2.25. The number of sulfonamides is 1. The van der Waals surface area contributed by atoms with E-state index in [2.05, 4.69) is 15.4 Å². The molecule has 0 aliphatic carbocycles. The van der Waals surface area contributed by atoms with Gasteiger partial charge in [0.2, 0.25) is 10.0 Å². The van der Waals surface area contributed by atoms with Crippen LogP contribution >= 0.6 is 0 Å². The van der Waals surface area contributed by atoms with Crippen LogP contribution in [-0.2, 0) is 10.0 Å². The molecule has 1 aliphatic rings. The van der Waals surface area contributed by atoms with E-state index in [0.29, 0.717) is 26.1 Å². The van der Waals surface area contributed by atoms with E-state index in [9.17, 15) is 13.2 Å².